The Kier molecular flexibility index (Phi) is 4.67. The van der Waals surface area contributed by atoms with Gasteiger partial charge in [-0.25, -0.2) is 4.98 Å². The van der Waals surface area contributed by atoms with Crippen molar-refractivity contribution in [2.75, 3.05) is 18.5 Å². The first-order valence-corrected chi connectivity index (χ1v) is 8.61. The number of piperidine rings is 1. The van der Waals surface area contributed by atoms with Crippen LogP contribution in [0.2, 0.25) is 0 Å². The highest BCUT2D eigenvalue weighted by Crippen LogP contribution is 2.32. The van der Waals surface area contributed by atoms with Crippen molar-refractivity contribution in [2.45, 2.75) is 31.5 Å². The van der Waals surface area contributed by atoms with Crippen molar-refractivity contribution in [1.29, 1.82) is 0 Å². The van der Waals surface area contributed by atoms with Crippen LogP contribution in [0.25, 0.3) is 0 Å². The van der Waals surface area contributed by atoms with E-state index in [4.69, 9.17) is 4.74 Å². The molecule has 0 spiro atoms. The highest BCUT2D eigenvalue weighted by atomic mass is 16.5. The molecule has 2 aromatic rings. The Labute approximate surface area is 146 Å². The van der Waals surface area contributed by atoms with Gasteiger partial charge in [-0.1, -0.05) is 0 Å². The smallest absolute Gasteiger partial charge is 0.230 e. The Morgan fingerprint density at radius 2 is 2.12 bits per heavy atom. The molecule has 2 aliphatic rings. The minimum Gasteiger partial charge on any atom is -0.377 e. The van der Waals surface area contributed by atoms with Gasteiger partial charge < -0.3 is 10.1 Å². The molecule has 0 bridgehead atoms. The number of rotatable bonds is 4. The second-order valence-electron chi connectivity index (χ2n) is 6.56. The van der Waals surface area contributed by atoms with Crippen molar-refractivity contribution < 1.29 is 9.53 Å². The number of aromatic nitrogens is 3. The molecular weight excluding hydrogens is 318 g/mol. The number of likely N-dealkylation sites (tertiary alicyclic amines) is 1. The average molecular weight is 339 g/mol. The number of amides is 1. The predicted molar refractivity (Wildman–Crippen MR) is 91.6 cm³/mol. The molecule has 0 saturated carbocycles. The lowest BCUT2D eigenvalue weighted by atomic mass is 9.89. The summed E-state index contributed by atoms with van der Waals surface area (Å²) < 4.78 is 5.89. The van der Waals surface area contributed by atoms with Crippen LogP contribution in [0, 0.1) is 5.92 Å². The van der Waals surface area contributed by atoms with E-state index in [2.05, 4.69) is 25.2 Å². The molecule has 1 N–H and O–H groups in total. The maximum Gasteiger partial charge on any atom is 0.230 e. The summed E-state index contributed by atoms with van der Waals surface area (Å²) in [6, 6.07) is 4.43. The van der Waals surface area contributed by atoms with Crippen LogP contribution in [0.4, 0.5) is 5.82 Å². The molecule has 7 heteroatoms. The molecule has 25 heavy (non-hydrogen) atoms. The zero-order valence-corrected chi connectivity index (χ0v) is 13.9. The van der Waals surface area contributed by atoms with Gasteiger partial charge in [-0.2, -0.15) is 0 Å². The van der Waals surface area contributed by atoms with E-state index < -0.39 is 0 Å². The Morgan fingerprint density at radius 3 is 2.92 bits per heavy atom. The number of pyridine rings is 1. The van der Waals surface area contributed by atoms with E-state index in [1.165, 1.54) is 5.56 Å². The second kappa shape index (κ2) is 7.25. The molecular formula is C18H21N5O2. The standard InChI is InChI=1S/C18H21N5O2/c24-18(22-17-10-20-6-7-21-17)14-9-16-15(3-8-25-16)23(12-14)11-13-1-4-19-5-2-13/h1-2,4-7,10,14-16H,3,8-9,11-12H2,(H,21,22,24)/t14-,15+,16+/m0/s1. The number of ether oxygens (including phenoxy) is 1. The van der Waals surface area contributed by atoms with Gasteiger partial charge >= 0.3 is 0 Å². The van der Waals surface area contributed by atoms with Crippen LogP contribution in [0.15, 0.2) is 43.1 Å². The molecule has 0 unspecified atom stereocenters. The monoisotopic (exact) mass is 339 g/mol. The van der Waals surface area contributed by atoms with E-state index >= 15 is 0 Å². The highest BCUT2D eigenvalue weighted by Gasteiger charge is 2.42. The summed E-state index contributed by atoms with van der Waals surface area (Å²) >= 11 is 0. The third-order valence-corrected chi connectivity index (χ3v) is 4.94. The van der Waals surface area contributed by atoms with Crippen LogP contribution in [0.5, 0.6) is 0 Å². The number of hydrogen-bond acceptors (Lipinski definition) is 6. The minimum atomic E-state index is -0.122. The van der Waals surface area contributed by atoms with E-state index in [0.717, 1.165) is 32.5 Å². The van der Waals surface area contributed by atoms with Crippen molar-refractivity contribution in [3.63, 3.8) is 0 Å². The highest BCUT2D eigenvalue weighted by molar-refractivity contribution is 5.91. The Balaban J connectivity index is 1.47. The van der Waals surface area contributed by atoms with Crippen LogP contribution in [-0.2, 0) is 16.1 Å². The SMILES string of the molecule is O=C(Nc1cnccn1)[C@H]1C[C@H]2OCC[C@H]2N(Cc2ccncc2)C1. The molecule has 0 aromatic carbocycles. The number of nitrogens with one attached hydrogen (secondary N) is 1. The predicted octanol–water partition coefficient (Wildman–Crippen LogP) is 1.49. The summed E-state index contributed by atoms with van der Waals surface area (Å²) in [5.74, 6) is 0.347. The van der Waals surface area contributed by atoms with Gasteiger partial charge in [0.15, 0.2) is 5.82 Å². The molecule has 2 fully saturated rings. The lowest BCUT2D eigenvalue weighted by Crippen LogP contribution is -2.51. The van der Waals surface area contributed by atoms with Gasteiger partial charge in [0.2, 0.25) is 5.91 Å². The zero-order valence-electron chi connectivity index (χ0n) is 13.9. The summed E-state index contributed by atoms with van der Waals surface area (Å²) in [4.78, 5) is 27.2. The quantitative estimate of drug-likeness (QED) is 0.909. The number of carbonyl (C=O) groups excluding carboxylic acids is 1. The number of hydrogen-bond donors (Lipinski definition) is 1. The maximum atomic E-state index is 12.7. The van der Waals surface area contributed by atoms with Crippen molar-refractivity contribution in [3.05, 3.63) is 48.7 Å². The molecule has 1 amide bonds. The molecule has 2 aromatic heterocycles. The number of fused-ring (bicyclic) bond motifs is 1. The van der Waals surface area contributed by atoms with Crippen molar-refractivity contribution in [1.82, 2.24) is 19.9 Å². The van der Waals surface area contributed by atoms with E-state index in [1.54, 1.807) is 31.0 Å². The molecule has 7 nitrogen and oxygen atoms in total. The van der Waals surface area contributed by atoms with Gasteiger partial charge in [-0.3, -0.25) is 19.7 Å². The van der Waals surface area contributed by atoms with Crippen molar-refractivity contribution in [3.8, 4) is 0 Å². The maximum absolute atomic E-state index is 12.7. The Bertz CT molecular complexity index is 712. The molecule has 2 saturated heterocycles. The summed E-state index contributed by atoms with van der Waals surface area (Å²) in [5, 5.41) is 2.87. The summed E-state index contributed by atoms with van der Waals surface area (Å²) in [6.45, 7) is 2.29. The van der Waals surface area contributed by atoms with Gasteiger partial charge in [0.05, 0.1) is 18.2 Å². The first-order chi connectivity index (χ1) is 12.3. The van der Waals surface area contributed by atoms with Gasteiger partial charge in [0.25, 0.3) is 0 Å². The Hall–Kier alpha value is -2.38. The number of anilines is 1. The van der Waals surface area contributed by atoms with Gasteiger partial charge in [-0.15, -0.1) is 0 Å². The molecule has 4 heterocycles. The molecule has 130 valence electrons. The number of nitrogens with zero attached hydrogens (tertiary/aromatic N) is 4. The molecule has 3 atom stereocenters. The van der Waals surface area contributed by atoms with Gasteiger partial charge in [-0.05, 0) is 30.5 Å². The fourth-order valence-corrected chi connectivity index (χ4v) is 3.74. The molecule has 4 rings (SSSR count). The summed E-state index contributed by atoms with van der Waals surface area (Å²) in [6.07, 6.45) is 10.2. The van der Waals surface area contributed by atoms with Crippen LogP contribution in [0.3, 0.4) is 0 Å². The third kappa shape index (κ3) is 3.67. The number of carbonyl (C=O) groups is 1. The third-order valence-electron chi connectivity index (χ3n) is 4.94. The fourth-order valence-electron chi connectivity index (χ4n) is 3.74. The van der Waals surface area contributed by atoms with Crippen LogP contribution < -0.4 is 5.32 Å². The lowest BCUT2D eigenvalue weighted by Gasteiger charge is -2.40. The van der Waals surface area contributed by atoms with Gasteiger partial charge in [0, 0.05) is 50.5 Å². The van der Waals surface area contributed by atoms with Crippen LogP contribution in [-0.4, -0.2) is 51.1 Å². The summed E-state index contributed by atoms with van der Waals surface area (Å²) in [7, 11) is 0. The first-order valence-electron chi connectivity index (χ1n) is 8.61. The first kappa shape index (κ1) is 16.1. The summed E-state index contributed by atoms with van der Waals surface area (Å²) in [5.41, 5.74) is 1.20. The molecule has 2 aliphatic heterocycles. The van der Waals surface area contributed by atoms with Crippen molar-refractivity contribution >= 4 is 11.7 Å². The van der Waals surface area contributed by atoms with Crippen molar-refractivity contribution in [2.24, 2.45) is 5.92 Å². The zero-order chi connectivity index (χ0) is 17.1. The van der Waals surface area contributed by atoms with Crippen LogP contribution in [0.1, 0.15) is 18.4 Å². The van der Waals surface area contributed by atoms with E-state index in [1.807, 2.05) is 12.1 Å². The lowest BCUT2D eigenvalue weighted by molar-refractivity contribution is -0.124. The van der Waals surface area contributed by atoms with Gasteiger partial charge in [0.1, 0.15) is 0 Å². The van der Waals surface area contributed by atoms with E-state index in [9.17, 15) is 4.79 Å². The largest absolute Gasteiger partial charge is 0.377 e. The topological polar surface area (TPSA) is 80.2 Å². The average Bonchev–Trinajstić information content (AvgIpc) is 3.12. The normalized spacial score (nSPS) is 26.2. The molecule has 0 aliphatic carbocycles. The Morgan fingerprint density at radius 1 is 1.24 bits per heavy atom. The second-order valence-corrected chi connectivity index (χ2v) is 6.56. The fraction of sp³-hybridized carbons (Fsp3) is 0.444. The van der Waals surface area contributed by atoms with Crippen LogP contribution >= 0.6 is 0 Å². The van der Waals surface area contributed by atoms with E-state index in [0.29, 0.717) is 11.9 Å². The molecule has 0 radical (unpaired) electrons. The van der Waals surface area contributed by atoms with E-state index in [-0.39, 0.29) is 17.9 Å². The minimum absolute atomic E-state index is 0.0193.